The van der Waals surface area contributed by atoms with Crippen LogP contribution in [-0.2, 0) is 6.42 Å². The largest absolute Gasteiger partial charge is 0.333 e. The molecule has 0 spiro atoms. The number of hydrogen-bond donors (Lipinski definition) is 0. The summed E-state index contributed by atoms with van der Waals surface area (Å²) in [5, 5.41) is 11.6. The minimum Gasteiger partial charge on any atom is -0.333 e. The first-order valence-corrected chi connectivity index (χ1v) is 7.27. The van der Waals surface area contributed by atoms with E-state index >= 15 is 0 Å². The molecule has 1 heterocycles. The molecule has 0 amide bonds. The lowest BCUT2D eigenvalue weighted by molar-refractivity contribution is -0.384. The summed E-state index contributed by atoms with van der Waals surface area (Å²) in [7, 11) is 0. The van der Waals surface area contributed by atoms with E-state index in [9.17, 15) is 10.1 Å². The minimum atomic E-state index is -0.401. The number of halogens is 1. The molecule has 1 aliphatic rings. The molecule has 2 aromatic carbocycles. The smallest absolute Gasteiger partial charge is 0.311 e. The second kappa shape index (κ2) is 5.37. The first kappa shape index (κ1) is 13.9. The maximum absolute atomic E-state index is 11.4. The molecule has 0 N–H and O–H groups in total. The average molecular weight is 303 g/mol. The Morgan fingerprint density at radius 1 is 1.19 bits per heavy atom. The van der Waals surface area contributed by atoms with Crippen molar-refractivity contribution in [1.82, 2.24) is 0 Å². The third-order valence-corrected chi connectivity index (χ3v) is 4.24. The van der Waals surface area contributed by atoms with Gasteiger partial charge in [0, 0.05) is 11.7 Å². The van der Waals surface area contributed by atoms with Crippen LogP contribution < -0.4 is 4.90 Å². The van der Waals surface area contributed by atoms with Crippen LogP contribution in [0, 0.1) is 10.1 Å². The van der Waals surface area contributed by atoms with E-state index in [1.807, 2.05) is 23.1 Å². The Morgan fingerprint density at radius 3 is 2.67 bits per heavy atom. The Kier molecular flexibility index (Phi) is 3.55. The molecule has 2 aromatic rings. The van der Waals surface area contributed by atoms with Crippen molar-refractivity contribution in [3.05, 3.63) is 63.2 Å². The van der Waals surface area contributed by atoms with Crippen LogP contribution in [-0.4, -0.2) is 11.0 Å². The van der Waals surface area contributed by atoms with Gasteiger partial charge in [-0.25, -0.2) is 0 Å². The van der Waals surface area contributed by atoms with Gasteiger partial charge in [-0.05, 0) is 43.5 Å². The molecule has 0 bridgehead atoms. The van der Waals surface area contributed by atoms with Crippen LogP contribution in [0.5, 0.6) is 0 Å². The predicted octanol–water partition coefficient (Wildman–Crippen LogP) is 4.72. The first-order valence-electron chi connectivity index (χ1n) is 6.89. The molecule has 1 aliphatic heterocycles. The highest BCUT2D eigenvalue weighted by Gasteiger charge is 2.30. The topological polar surface area (TPSA) is 46.4 Å². The number of nitro benzene ring substituents is 1. The number of fused-ring (bicyclic) bond motifs is 1. The highest BCUT2D eigenvalue weighted by molar-refractivity contribution is 6.33. The summed E-state index contributed by atoms with van der Waals surface area (Å²) in [6, 6.07) is 13.3. The van der Waals surface area contributed by atoms with Gasteiger partial charge in [0.05, 0.1) is 4.92 Å². The molecule has 0 fully saturated rings. The lowest BCUT2D eigenvalue weighted by atomic mass is 9.95. The van der Waals surface area contributed by atoms with Gasteiger partial charge in [-0.15, -0.1) is 0 Å². The molecule has 108 valence electrons. The highest BCUT2D eigenvalue weighted by atomic mass is 35.5. The summed E-state index contributed by atoms with van der Waals surface area (Å²) < 4.78 is 0. The number of hydrogen-bond acceptors (Lipinski definition) is 3. The number of rotatable bonds is 2. The van der Waals surface area contributed by atoms with Gasteiger partial charge in [0.15, 0.2) is 0 Å². The molecule has 0 saturated heterocycles. The van der Waals surface area contributed by atoms with Crippen molar-refractivity contribution in [2.75, 3.05) is 4.90 Å². The van der Waals surface area contributed by atoms with Crippen LogP contribution in [0.2, 0.25) is 5.02 Å². The first-order chi connectivity index (χ1) is 10.1. The molecule has 4 nitrogen and oxygen atoms in total. The molecule has 1 unspecified atom stereocenters. The summed E-state index contributed by atoms with van der Waals surface area (Å²) in [5.41, 5.74) is 2.78. The highest BCUT2D eigenvalue weighted by Crippen LogP contribution is 2.43. The zero-order valence-corrected chi connectivity index (χ0v) is 12.4. The van der Waals surface area contributed by atoms with Gasteiger partial charge in [0.25, 0.3) is 0 Å². The summed E-state index contributed by atoms with van der Waals surface area (Å²) in [4.78, 5) is 13.0. The van der Waals surface area contributed by atoms with Gasteiger partial charge in [-0.1, -0.05) is 35.9 Å². The van der Waals surface area contributed by atoms with E-state index in [1.165, 1.54) is 5.56 Å². The van der Waals surface area contributed by atoms with Gasteiger partial charge in [0.2, 0.25) is 0 Å². The quantitative estimate of drug-likeness (QED) is 0.595. The standard InChI is InChI=1S/C16H15ClN2O2/c1-11-9-10-12-5-2-3-7-14(12)18(11)15-8-4-6-13(17)16(15)19(20)21/h2-8,11H,9-10H2,1H3. The average Bonchev–Trinajstić information content (AvgIpc) is 2.46. The molecule has 0 saturated carbocycles. The third kappa shape index (κ3) is 2.36. The number of anilines is 2. The maximum Gasteiger partial charge on any atom is 0.311 e. The SMILES string of the molecule is CC1CCc2ccccc2N1c1cccc(Cl)c1[N+](=O)[O-]. The van der Waals surface area contributed by atoms with Crippen molar-refractivity contribution in [3.63, 3.8) is 0 Å². The van der Waals surface area contributed by atoms with Crippen LogP contribution >= 0.6 is 11.6 Å². The number of aryl methyl sites for hydroxylation is 1. The van der Waals surface area contributed by atoms with E-state index in [-0.39, 0.29) is 16.8 Å². The molecule has 3 rings (SSSR count). The lowest BCUT2D eigenvalue weighted by Crippen LogP contribution is -2.33. The molecule has 5 heteroatoms. The van der Waals surface area contributed by atoms with Crippen molar-refractivity contribution in [3.8, 4) is 0 Å². The zero-order chi connectivity index (χ0) is 15.0. The number of benzene rings is 2. The van der Waals surface area contributed by atoms with Crippen LogP contribution in [0.15, 0.2) is 42.5 Å². The van der Waals surface area contributed by atoms with Gasteiger partial charge in [-0.3, -0.25) is 10.1 Å². The van der Waals surface area contributed by atoms with Gasteiger partial charge in [0.1, 0.15) is 10.7 Å². The van der Waals surface area contributed by atoms with Crippen LogP contribution in [0.25, 0.3) is 0 Å². The fraction of sp³-hybridized carbons (Fsp3) is 0.250. The third-order valence-electron chi connectivity index (χ3n) is 3.93. The Labute approximate surface area is 128 Å². The van der Waals surface area contributed by atoms with E-state index in [2.05, 4.69) is 13.0 Å². The van der Waals surface area contributed by atoms with Crippen LogP contribution in [0.4, 0.5) is 17.1 Å². The van der Waals surface area contributed by atoms with E-state index in [0.717, 1.165) is 18.5 Å². The molecule has 0 aromatic heterocycles. The maximum atomic E-state index is 11.4. The molecular weight excluding hydrogens is 288 g/mol. The van der Waals surface area contributed by atoms with Crippen molar-refractivity contribution < 1.29 is 4.92 Å². The second-order valence-corrected chi connectivity index (χ2v) is 5.66. The fourth-order valence-electron chi connectivity index (χ4n) is 2.93. The number of para-hydroxylation sites is 2. The summed E-state index contributed by atoms with van der Waals surface area (Å²) in [6.45, 7) is 2.08. The molecule has 21 heavy (non-hydrogen) atoms. The molecule has 0 radical (unpaired) electrons. The molecule has 0 aliphatic carbocycles. The van der Waals surface area contributed by atoms with Gasteiger partial charge < -0.3 is 4.90 Å². The van der Waals surface area contributed by atoms with E-state index in [1.54, 1.807) is 18.2 Å². The van der Waals surface area contributed by atoms with Crippen LogP contribution in [0.1, 0.15) is 18.9 Å². The Balaban J connectivity index is 2.21. The van der Waals surface area contributed by atoms with Crippen LogP contribution in [0.3, 0.4) is 0 Å². The predicted molar refractivity (Wildman–Crippen MR) is 84.5 cm³/mol. The molecular formula is C16H15ClN2O2. The van der Waals surface area contributed by atoms with E-state index in [0.29, 0.717) is 5.69 Å². The number of nitrogens with zero attached hydrogens (tertiary/aromatic N) is 2. The van der Waals surface area contributed by atoms with Gasteiger partial charge in [-0.2, -0.15) is 0 Å². The summed E-state index contributed by atoms with van der Waals surface area (Å²) >= 11 is 6.05. The van der Waals surface area contributed by atoms with E-state index in [4.69, 9.17) is 11.6 Å². The minimum absolute atomic E-state index is 0.0253. The van der Waals surface area contributed by atoms with Gasteiger partial charge >= 0.3 is 5.69 Å². The normalized spacial score (nSPS) is 17.4. The second-order valence-electron chi connectivity index (χ2n) is 5.25. The summed E-state index contributed by atoms with van der Waals surface area (Å²) in [6.07, 6.45) is 1.95. The van der Waals surface area contributed by atoms with Crippen molar-refractivity contribution in [1.29, 1.82) is 0 Å². The zero-order valence-electron chi connectivity index (χ0n) is 11.6. The Bertz CT molecular complexity index is 702. The lowest BCUT2D eigenvalue weighted by Gasteiger charge is -2.36. The van der Waals surface area contributed by atoms with Crippen molar-refractivity contribution >= 4 is 28.7 Å². The summed E-state index contributed by atoms with van der Waals surface area (Å²) in [5.74, 6) is 0. The van der Waals surface area contributed by atoms with Crippen molar-refractivity contribution in [2.45, 2.75) is 25.8 Å². The van der Waals surface area contributed by atoms with E-state index < -0.39 is 4.92 Å². The fourth-order valence-corrected chi connectivity index (χ4v) is 3.17. The Morgan fingerprint density at radius 2 is 1.90 bits per heavy atom. The molecule has 1 atom stereocenters. The Hall–Kier alpha value is -2.07. The number of nitro groups is 1. The van der Waals surface area contributed by atoms with Crippen molar-refractivity contribution in [2.24, 2.45) is 0 Å². The monoisotopic (exact) mass is 302 g/mol.